The monoisotopic (exact) mass is 392 g/mol. The average molecular weight is 392 g/mol. The van der Waals surface area contributed by atoms with Crippen molar-refractivity contribution in [3.63, 3.8) is 0 Å². The maximum absolute atomic E-state index is 12.5. The van der Waals surface area contributed by atoms with Crippen LogP contribution < -0.4 is 5.56 Å². The van der Waals surface area contributed by atoms with E-state index in [1.165, 1.54) is 4.88 Å². The van der Waals surface area contributed by atoms with Crippen molar-refractivity contribution in [3.8, 4) is 0 Å². The quantitative estimate of drug-likeness (QED) is 0.786. The van der Waals surface area contributed by atoms with Crippen molar-refractivity contribution in [1.29, 1.82) is 0 Å². The van der Waals surface area contributed by atoms with Gasteiger partial charge < -0.3 is 14.5 Å². The summed E-state index contributed by atoms with van der Waals surface area (Å²) in [5.41, 5.74) is 0.372. The van der Waals surface area contributed by atoms with Gasteiger partial charge in [-0.25, -0.2) is 9.78 Å². The maximum atomic E-state index is 12.5. The molecule has 146 valence electrons. The number of H-pyrrole nitrogens is 1. The number of nitrogens with one attached hydrogen (secondary N) is 1. The van der Waals surface area contributed by atoms with Gasteiger partial charge in [0.25, 0.3) is 5.56 Å². The summed E-state index contributed by atoms with van der Waals surface area (Å²) in [7, 11) is 0. The maximum Gasteiger partial charge on any atom is 0.344 e. The molecule has 0 spiro atoms. The second-order valence-electron chi connectivity index (χ2n) is 7.65. The van der Waals surface area contributed by atoms with Gasteiger partial charge in [0.2, 0.25) is 0 Å². The summed E-state index contributed by atoms with van der Waals surface area (Å²) < 4.78 is 10.0. The first-order valence-corrected chi connectivity index (χ1v) is 9.95. The van der Waals surface area contributed by atoms with E-state index < -0.39 is 24.1 Å². The summed E-state index contributed by atoms with van der Waals surface area (Å²) in [6.07, 6.45) is 4.46. The standard InChI is InChI=1S/C19H24N2O5S/c1-19(2,3)26-15(23)10-25-14(22)9-8-13-20-17(24)16-11-6-4-5-7-12(11)27-18(16)21-13/h4-10H2,1-3H3,(H,20,21,24). The van der Waals surface area contributed by atoms with Gasteiger partial charge in [-0.3, -0.25) is 9.59 Å². The Kier molecular flexibility index (Phi) is 5.64. The van der Waals surface area contributed by atoms with E-state index in [9.17, 15) is 14.4 Å². The number of carbonyl (C=O) groups is 2. The zero-order valence-corrected chi connectivity index (χ0v) is 16.7. The van der Waals surface area contributed by atoms with Crippen molar-refractivity contribution in [2.75, 3.05) is 6.61 Å². The molecular formula is C19H24N2O5S. The molecule has 0 saturated heterocycles. The van der Waals surface area contributed by atoms with E-state index in [2.05, 4.69) is 9.97 Å². The molecule has 0 saturated carbocycles. The summed E-state index contributed by atoms with van der Waals surface area (Å²) in [4.78, 5) is 45.2. The van der Waals surface area contributed by atoms with Gasteiger partial charge in [0.05, 0.1) is 11.8 Å². The fourth-order valence-electron chi connectivity index (χ4n) is 3.13. The summed E-state index contributed by atoms with van der Waals surface area (Å²) in [5, 5.41) is 0.700. The molecule has 1 aliphatic rings. The lowest BCUT2D eigenvalue weighted by molar-refractivity contribution is -0.166. The fourth-order valence-corrected chi connectivity index (χ4v) is 4.41. The van der Waals surface area contributed by atoms with Gasteiger partial charge in [0, 0.05) is 11.3 Å². The van der Waals surface area contributed by atoms with Gasteiger partial charge in [-0.2, -0.15) is 0 Å². The van der Waals surface area contributed by atoms with Crippen molar-refractivity contribution in [2.24, 2.45) is 0 Å². The van der Waals surface area contributed by atoms with Gasteiger partial charge in [0.15, 0.2) is 6.61 Å². The highest BCUT2D eigenvalue weighted by molar-refractivity contribution is 7.18. The molecule has 1 N–H and O–H groups in total. The Morgan fingerprint density at radius 1 is 1.19 bits per heavy atom. The number of hydrogen-bond acceptors (Lipinski definition) is 7. The smallest absolute Gasteiger partial charge is 0.344 e. The lowest BCUT2D eigenvalue weighted by Crippen LogP contribution is -2.27. The van der Waals surface area contributed by atoms with Crippen LogP contribution in [0.1, 0.15) is 56.3 Å². The SMILES string of the molecule is CC(C)(C)OC(=O)COC(=O)CCc1nc2sc3c(c2c(=O)[nH]1)CCCC3. The van der Waals surface area contributed by atoms with E-state index in [1.54, 1.807) is 32.1 Å². The van der Waals surface area contributed by atoms with E-state index in [0.717, 1.165) is 36.1 Å². The van der Waals surface area contributed by atoms with Gasteiger partial charge in [-0.1, -0.05) is 0 Å². The van der Waals surface area contributed by atoms with Crippen LogP contribution in [0.15, 0.2) is 4.79 Å². The lowest BCUT2D eigenvalue weighted by Gasteiger charge is -2.19. The molecule has 0 unspecified atom stereocenters. The molecule has 1 aliphatic carbocycles. The number of esters is 2. The molecule has 0 radical (unpaired) electrons. The largest absolute Gasteiger partial charge is 0.457 e. The van der Waals surface area contributed by atoms with Crippen LogP contribution in [-0.4, -0.2) is 34.1 Å². The van der Waals surface area contributed by atoms with Gasteiger partial charge in [-0.15, -0.1) is 11.3 Å². The van der Waals surface area contributed by atoms with E-state index in [1.807, 2.05) is 0 Å². The van der Waals surface area contributed by atoms with Crippen molar-refractivity contribution in [1.82, 2.24) is 9.97 Å². The number of hydrogen-bond donors (Lipinski definition) is 1. The number of aromatic nitrogens is 2. The number of thiophene rings is 1. The molecular weight excluding hydrogens is 368 g/mol. The van der Waals surface area contributed by atoms with Crippen LogP contribution in [-0.2, 0) is 38.3 Å². The Morgan fingerprint density at radius 2 is 1.93 bits per heavy atom. The predicted molar refractivity (Wildman–Crippen MR) is 102 cm³/mol. The summed E-state index contributed by atoms with van der Waals surface area (Å²) in [5.74, 6) is -0.664. The zero-order chi connectivity index (χ0) is 19.6. The van der Waals surface area contributed by atoms with Crippen LogP contribution >= 0.6 is 11.3 Å². The second kappa shape index (κ2) is 7.80. The predicted octanol–water partition coefficient (Wildman–Crippen LogP) is 2.68. The molecule has 8 heteroatoms. The highest BCUT2D eigenvalue weighted by Crippen LogP contribution is 2.33. The van der Waals surface area contributed by atoms with E-state index in [0.29, 0.717) is 11.2 Å². The summed E-state index contributed by atoms with van der Waals surface area (Å²) in [6, 6.07) is 0. The van der Waals surface area contributed by atoms with Crippen LogP contribution in [0.3, 0.4) is 0 Å². The summed E-state index contributed by atoms with van der Waals surface area (Å²) >= 11 is 1.57. The topological polar surface area (TPSA) is 98.3 Å². The fraction of sp³-hybridized carbons (Fsp3) is 0.579. The lowest BCUT2D eigenvalue weighted by atomic mass is 9.97. The number of aromatic amines is 1. The second-order valence-corrected chi connectivity index (χ2v) is 8.73. The molecule has 3 rings (SSSR count). The van der Waals surface area contributed by atoms with Crippen molar-refractivity contribution >= 4 is 33.5 Å². The Balaban J connectivity index is 1.60. The number of nitrogens with zero attached hydrogens (tertiary/aromatic N) is 1. The minimum absolute atomic E-state index is 0.0301. The normalized spacial score (nSPS) is 14.0. The molecule has 0 fully saturated rings. The molecule has 2 aromatic heterocycles. The van der Waals surface area contributed by atoms with Crippen LogP contribution in [0.2, 0.25) is 0 Å². The first-order chi connectivity index (χ1) is 12.7. The molecule has 0 aromatic carbocycles. The van der Waals surface area contributed by atoms with Crippen LogP contribution in [0.5, 0.6) is 0 Å². The molecule has 2 aromatic rings. The Bertz CT molecular complexity index is 923. The number of ether oxygens (including phenoxy) is 2. The van der Waals surface area contributed by atoms with Crippen LogP contribution in [0.25, 0.3) is 10.2 Å². The molecule has 0 bridgehead atoms. The van der Waals surface area contributed by atoms with E-state index in [4.69, 9.17) is 9.47 Å². The van der Waals surface area contributed by atoms with Crippen LogP contribution in [0, 0.1) is 0 Å². The molecule has 0 amide bonds. The van der Waals surface area contributed by atoms with Gasteiger partial charge in [-0.05, 0) is 52.0 Å². The molecule has 2 heterocycles. The highest BCUT2D eigenvalue weighted by atomic mass is 32.1. The first kappa shape index (κ1) is 19.5. The molecule has 0 aliphatic heterocycles. The highest BCUT2D eigenvalue weighted by Gasteiger charge is 2.20. The van der Waals surface area contributed by atoms with Crippen molar-refractivity contribution < 1.29 is 19.1 Å². The van der Waals surface area contributed by atoms with Gasteiger partial charge >= 0.3 is 11.9 Å². The van der Waals surface area contributed by atoms with E-state index in [-0.39, 0.29) is 18.4 Å². The zero-order valence-electron chi connectivity index (χ0n) is 15.8. The number of rotatable bonds is 5. The number of aryl methyl sites for hydroxylation is 3. The molecule has 0 atom stereocenters. The third kappa shape index (κ3) is 4.94. The minimum Gasteiger partial charge on any atom is -0.457 e. The van der Waals surface area contributed by atoms with Crippen molar-refractivity contribution in [3.05, 3.63) is 26.6 Å². The van der Waals surface area contributed by atoms with Gasteiger partial charge in [0.1, 0.15) is 16.3 Å². The Labute approximate surface area is 161 Å². The minimum atomic E-state index is -0.623. The average Bonchev–Trinajstić information content (AvgIpc) is 2.95. The van der Waals surface area contributed by atoms with Crippen molar-refractivity contribution in [2.45, 2.75) is 64.9 Å². The summed E-state index contributed by atoms with van der Waals surface area (Å²) in [6.45, 7) is 4.81. The Hall–Kier alpha value is -2.22. The first-order valence-electron chi connectivity index (χ1n) is 9.14. The third-order valence-electron chi connectivity index (χ3n) is 4.21. The molecule has 7 nitrogen and oxygen atoms in total. The molecule has 27 heavy (non-hydrogen) atoms. The number of carbonyl (C=O) groups excluding carboxylic acids is 2. The Morgan fingerprint density at radius 3 is 2.67 bits per heavy atom. The number of fused-ring (bicyclic) bond motifs is 3. The third-order valence-corrected chi connectivity index (χ3v) is 5.40. The van der Waals surface area contributed by atoms with Crippen LogP contribution in [0.4, 0.5) is 0 Å². The van der Waals surface area contributed by atoms with E-state index >= 15 is 0 Å².